The molecule has 6 nitrogen and oxygen atoms in total. The fourth-order valence-corrected chi connectivity index (χ4v) is 2.72. The first-order valence-corrected chi connectivity index (χ1v) is 8.32. The molecule has 1 aliphatic heterocycles. The second kappa shape index (κ2) is 8.57. The van der Waals surface area contributed by atoms with E-state index in [1.54, 1.807) is 17.0 Å². The Morgan fingerprint density at radius 2 is 2.00 bits per heavy atom. The van der Waals surface area contributed by atoms with Crippen molar-refractivity contribution in [2.45, 2.75) is 39.2 Å². The summed E-state index contributed by atoms with van der Waals surface area (Å²) in [6.07, 6.45) is 1.56. The number of carbonyl (C=O) groups excluding carboxylic acids is 1. The monoisotopic (exact) mass is 335 g/mol. The summed E-state index contributed by atoms with van der Waals surface area (Å²) in [6.45, 7) is 5.26. The number of hydrogen-bond donors (Lipinski definition) is 1. The molecule has 0 saturated carbocycles. The Labute approximate surface area is 142 Å². The first kappa shape index (κ1) is 18.1. The molecule has 1 aromatic carbocycles. The molecule has 0 aromatic heterocycles. The Bertz CT molecular complexity index is 572. The summed E-state index contributed by atoms with van der Waals surface area (Å²) < 4.78 is 11.2. The Morgan fingerprint density at radius 3 is 2.67 bits per heavy atom. The van der Waals surface area contributed by atoms with Gasteiger partial charge in [0.1, 0.15) is 11.5 Å². The van der Waals surface area contributed by atoms with Gasteiger partial charge in [-0.25, -0.2) is 0 Å². The molecular formula is C18H25NO5. The van der Waals surface area contributed by atoms with Gasteiger partial charge in [-0.3, -0.25) is 9.59 Å². The van der Waals surface area contributed by atoms with E-state index < -0.39 is 5.97 Å². The third kappa shape index (κ3) is 5.44. The Morgan fingerprint density at radius 1 is 1.29 bits per heavy atom. The minimum Gasteiger partial charge on any atom is -0.493 e. The van der Waals surface area contributed by atoms with Gasteiger partial charge >= 0.3 is 5.97 Å². The maximum absolute atomic E-state index is 12.3. The number of hydrogen-bond acceptors (Lipinski definition) is 4. The fourth-order valence-electron chi connectivity index (χ4n) is 2.72. The van der Waals surface area contributed by atoms with E-state index in [1.807, 2.05) is 12.1 Å². The zero-order valence-corrected chi connectivity index (χ0v) is 14.2. The van der Waals surface area contributed by atoms with Crippen molar-refractivity contribution >= 4 is 11.9 Å². The van der Waals surface area contributed by atoms with Gasteiger partial charge in [-0.15, -0.1) is 0 Å². The highest BCUT2D eigenvalue weighted by atomic mass is 16.5. The summed E-state index contributed by atoms with van der Waals surface area (Å²) in [5.74, 6) is 0.650. The van der Waals surface area contributed by atoms with Gasteiger partial charge in [0.05, 0.1) is 13.0 Å². The number of carboxylic acid groups (broad SMARTS) is 1. The largest absolute Gasteiger partial charge is 0.493 e. The van der Waals surface area contributed by atoms with Gasteiger partial charge in [-0.2, -0.15) is 0 Å². The average molecular weight is 335 g/mol. The first-order chi connectivity index (χ1) is 11.5. The molecule has 0 aliphatic carbocycles. The summed E-state index contributed by atoms with van der Waals surface area (Å²) in [7, 11) is 0. The van der Waals surface area contributed by atoms with Crippen LogP contribution in [0, 0.1) is 5.92 Å². The van der Waals surface area contributed by atoms with Crippen molar-refractivity contribution in [2.24, 2.45) is 5.92 Å². The molecule has 1 atom stereocenters. The van der Waals surface area contributed by atoms with Crippen LogP contribution in [0.2, 0.25) is 0 Å². The fraction of sp³-hybridized carbons (Fsp3) is 0.556. The third-order valence-electron chi connectivity index (χ3n) is 3.86. The van der Waals surface area contributed by atoms with Gasteiger partial charge in [0.2, 0.25) is 0 Å². The molecule has 6 heteroatoms. The zero-order chi connectivity index (χ0) is 17.5. The van der Waals surface area contributed by atoms with Gasteiger partial charge in [0.25, 0.3) is 5.91 Å². The molecule has 1 aromatic rings. The van der Waals surface area contributed by atoms with Crippen LogP contribution in [-0.4, -0.2) is 47.7 Å². The smallest absolute Gasteiger partial charge is 0.305 e. The summed E-state index contributed by atoms with van der Waals surface area (Å²) in [4.78, 5) is 24.8. The molecule has 132 valence electrons. The number of benzene rings is 1. The normalized spacial score (nSPS) is 17.1. The molecule has 1 unspecified atom stereocenters. The van der Waals surface area contributed by atoms with Crippen molar-refractivity contribution < 1.29 is 24.2 Å². The molecule has 1 saturated heterocycles. The van der Waals surface area contributed by atoms with E-state index in [2.05, 4.69) is 13.8 Å². The number of rotatable bonds is 8. The van der Waals surface area contributed by atoms with Crippen molar-refractivity contribution in [3.63, 3.8) is 0 Å². The number of aliphatic carboxylic acids is 1. The molecule has 2 rings (SSSR count). The van der Waals surface area contributed by atoms with Crippen LogP contribution in [0.15, 0.2) is 24.3 Å². The van der Waals surface area contributed by atoms with Crippen LogP contribution >= 0.6 is 0 Å². The van der Waals surface area contributed by atoms with E-state index in [0.29, 0.717) is 30.6 Å². The summed E-state index contributed by atoms with van der Waals surface area (Å²) in [6, 6.07) is 6.97. The Hall–Kier alpha value is -2.24. The van der Waals surface area contributed by atoms with Crippen molar-refractivity contribution in [2.75, 3.05) is 19.8 Å². The van der Waals surface area contributed by atoms with E-state index in [9.17, 15) is 9.59 Å². The van der Waals surface area contributed by atoms with Crippen molar-refractivity contribution in [3.8, 4) is 11.5 Å². The quantitative estimate of drug-likeness (QED) is 0.790. The average Bonchev–Trinajstić information content (AvgIpc) is 2.98. The minimum absolute atomic E-state index is 0.00966. The molecule has 0 radical (unpaired) electrons. The van der Waals surface area contributed by atoms with Crippen molar-refractivity contribution in [1.29, 1.82) is 0 Å². The maximum Gasteiger partial charge on any atom is 0.305 e. The van der Waals surface area contributed by atoms with Gasteiger partial charge in [0, 0.05) is 18.7 Å². The van der Waals surface area contributed by atoms with Gasteiger partial charge < -0.3 is 19.5 Å². The summed E-state index contributed by atoms with van der Waals surface area (Å²) in [5.41, 5.74) is 0. The number of carbonyl (C=O) groups is 2. The highest BCUT2D eigenvalue weighted by Crippen LogP contribution is 2.22. The van der Waals surface area contributed by atoms with E-state index >= 15 is 0 Å². The van der Waals surface area contributed by atoms with Crippen LogP contribution in [0.3, 0.4) is 0 Å². The zero-order valence-electron chi connectivity index (χ0n) is 14.2. The number of carboxylic acids is 1. The predicted octanol–water partition coefficient (Wildman–Crippen LogP) is 2.57. The molecular weight excluding hydrogens is 310 g/mol. The third-order valence-corrected chi connectivity index (χ3v) is 3.86. The number of nitrogens with zero attached hydrogens (tertiary/aromatic N) is 1. The van der Waals surface area contributed by atoms with Crippen LogP contribution in [0.5, 0.6) is 11.5 Å². The van der Waals surface area contributed by atoms with E-state index in [-0.39, 0.29) is 25.0 Å². The lowest BCUT2D eigenvalue weighted by Gasteiger charge is -2.23. The van der Waals surface area contributed by atoms with Crippen LogP contribution in [0.4, 0.5) is 0 Å². The molecule has 1 amide bonds. The highest BCUT2D eigenvalue weighted by molar-refractivity contribution is 5.79. The van der Waals surface area contributed by atoms with E-state index in [1.165, 1.54) is 0 Å². The van der Waals surface area contributed by atoms with Gasteiger partial charge in [-0.05, 0) is 30.9 Å². The topological polar surface area (TPSA) is 76.1 Å². The highest BCUT2D eigenvalue weighted by Gasteiger charge is 2.30. The minimum atomic E-state index is -0.879. The molecule has 1 fully saturated rings. The molecule has 1 heterocycles. The van der Waals surface area contributed by atoms with E-state index in [0.717, 1.165) is 12.8 Å². The van der Waals surface area contributed by atoms with Crippen LogP contribution < -0.4 is 9.47 Å². The molecule has 1 aliphatic rings. The lowest BCUT2D eigenvalue weighted by atomic mass is 10.1. The van der Waals surface area contributed by atoms with Crippen molar-refractivity contribution in [1.82, 2.24) is 4.90 Å². The van der Waals surface area contributed by atoms with Crippen molar-refractivity contribution in [3.05, 3.63) is 24.3 Å². The van der Waals surface area contributed by atoms with Gasteiger partial charge in [-0.1, -0.05) is 19.9 Å². The second-order valence-electron chi connectivity index (χ2n) is 6.45. The molecule has 0 bridgehead atoms. The lowest BCUT2D eigenvalue weighted by Crippen LogP contribution is -2.39. The summed E-state index contributed by atoms with van der Waals surface area (Å²) >= 11 is 0. The lowest BCUT2D eigenvalue weighted by molar-refractivity contribution is -0.140. The molecule has 24 heavy (non-hydrogen) atoms. The first-order valence-electron chi connectivity index (χ1n) is 8.32. The SMILES string of the molecule is CC(C)COc1cccc(OCC(=O)N2CCCC2CC(=O)O)c1. The molecule has 0 spiro atoms. The van der Waals surface area contributed by atoms with Gasteiger partial charge in [0.15, 0.2) is 6.61 Å². The second-order valence-corrected chi connectivity index (χ2v) is 6.45. The van der Waals surface area contributed by atoms with Crippen LogP contribution in [0.25, 0.3) is 0 Å². The summed E-state index contributed by atoms with van der Waals surface area (Å²) in [5, 5.41) is 8.92. The van der Waals surface area contributed by atoms with E-state index in [4.69, 9.17) is 14.6 Å². The number of amides is 1. The number of ether oxygens (including phenoxy) is 2. The standard InChI is InChI=1S/C18H25NO5/c1-13(2)11-23-15-6-3-7-16(10-15)24-12-17(20)19-8-4-5-14(19)9-18(21)22/h3,6-7,10,13-14H,4-5,8-9,11-12H2,1-2H3,(H,21,22). The maximum atomic E-state index is 12.3. The number of likely N-dealkylation sites (tertiary alicyclic amines) is 1. The van der Waals surface area contributed by atoms with Crippen LogP contribution in [0.1, 0.15) is 33.1 Å². The molecule has 1 N–H and O–H groups in total. The Balaban J connectivity index is 1.87. The van der Waals surface area contributed by atoms with Crippen LogP contribution in [-0.2, 0) is 9.59 Å². The predicted molar refractivity (Wildman–Crippen MR) is 89.3 cm³/mol. The Kier molecular flexibility index (Phi) is 6.46.